The highest BCUT2D eigenvalue weighted by Gasteiger charge is 2.07. The van der Waals surface area contributed by atoms with Gasteiger partial charge < -0.3 is 10.6 Å². The molecule has 4 heteroatoms. The molecule has 0 fully saturated rings. The van der Waals surface area contributed by atoms with Crippen LogP contribution in [0.5, 0.6) is 0 Å². The maximum absolute atomic E-state index is 5.57. The van der Waals surface area contributed by atoms with E-state index in [4.69, 9.17) is 5.73 Å². The van der Waals surface area contributed by atoms with E-state index in [0.717, 1.165) is 24.3 Å². The van der Waals surface area contributed by atoms with Crippen LogP contribution in [0.15, 0.2) is 6.20 Å². The average Bonchev–Trinajstić information content (AvgIpc) is 2.18. The van der Waals surface area contributed by atoms with Gasteiger partial charge >= 0.3 is 0 Å². The van der Waals surface area contributed by atoms with Gasteiger partial charge in [-0.15, -0.1) is 0 Å². The van der Waals surface area contributed by atoms with E-state index in [1.165, 1.54) is 0 Å². The molecule has 1 heterocycles. The van der Waals surface area contributed by atoms with Crippen molar-refractivity contribution in [1.29, 1.82) is 0 Å². The van der Waals surface area contributed by atoms with Gasteiger partial charge in [-0.2, -0.15) is 4.98 Å². The first-order valence-electron chi connectivity index (χ1n) is 5.31. The fourth-order valence-electron chi connectivity index (χ4n) is 1.39. The average molecular weight is 208 g/mol. The molecular weight excluding hydrogens is 188 g/mol. The summed E-state index contributed by atoms with van der Waals surface area (Å²) in [6.45, 7) is 7.43. The molecule has 0 atom stereocenters. The lowest BCUT2D eigenvalue weighted by Crippen LogP contribution is -2.22. The Bertz CT molecular complexity index is 322. The van der Waals surface area contributed by atoms with Crippen LogP contribution in [-0.2, 0) is 0 Å². The SMILES string of the molecule is Cc1cnc(N)nc1N(C)CCC(C)C. The Balaban J connectivity index is 2.72. The molecule has 0 unspecified atom stereocenters. The van der Waals surface area contributed by atoms with Gasteiger partial charge in [-0.05, 0) is 19.3 Å². The molecule has 0 aliphatic rings. The summed E-state index contributed by atoms with van der Waals surface area (Å²) in [7, 11) is 2.04. The van der Waals surface area contributed by atoms with Gasteiger partial charge in [0.05, 0.1) is 0 Å². The number of nitrogens with two attached hydrogens (primary N) is 1. The zero-order valence-electron chi connectivity index (χ0n) is 9.99. The second kappa shape index (κ2) is 4.96. The van der Waals surface area contributed by atoms with E-state index < -0.39 is 0 Å². The zero-order valence-corrected chi connectivity index (χ0v) is 9.99. The van der Waals surface area contributed by atoms with Crippen LogP contribution in [0, 0.1) is 12.8 Å². The molecule has 2 N–H and O–H groups in total. The Labute approximate surface area is 91.5 Å². The molecule has 0 aliphatic heterocycles. The first-order valence-corrected chi connectivity index (χ1v) is 5.31. The van der Waals surface area contributed by atoms with E-state index in [0.29, 0.717) is 11.9 Å². The maximum Gasteiger partial charge on any atom is 0.221 e. The van der Waals surface area contributed by atoms with Crippen molar-refractivity contribution in [3.63, 3.8) is 0 Å². The third-order valence-corrected chi connectivity index (χ3v) is 2.37. The number of nitrogen functional groups attached to an aromatic ring is 1. The molecule has 0 bridgehead atoms. The molecule has 0 saturated carbocycles. The summed E-state index contributed by atoms with van der Waals surface area (Å²) < 4.78 is 0. The molecule has 0 amide bonds. The Morgan fingerprint density at radius 2 is 2.13 bits per heavy atom. The van der Waals surface area contributed by atoms with Crippen LogP contribution in [-0.4, -0.2) is 23.6 Å². The summed E-state index contributed by atoms with van der Waals surface area (Å²) in [5.74, 6) is 1.97. The van der Waals surface area contributed by atoms with Gasteiger partial charge in [0.1, 0.15) is 5.82 Å². The van der Waals surface area contributed by atoms with Crippen LogP contribution in [0.3, 0.4) is 0 Å². The summed E-state index contributed by atoms with van der Waals surface area (Å²) in [6, 6.07) is 0. The van der Waals surface area contributed by atoms with Crippen LogP contribution in [0.1, 0.15) is 25.8 Å². The quantitative estimate of drug-likeness (QED) is 0.820. The number of rotatable bonds is 4. The van der Waals surface area contributed by atoms with E-state index in [-0.39, 0.29) is 0 Å². The smallest absolute Gasteiger partial charge is 0.221 e. The van der Waals surface area contributed by atoms with E-state index in [9.17, 15) is 0 Å². The van der Waals surface area contributed by atoms with Gasteiger partial charge in [-0.1, -0.05) is 13.8 Å². The summed E-state index contributed by atoms with van der Waals surface area (Å²) >= 11 is 0. The Morgan fingerprint density at radius 1 is 1.47 bits per heavy atom. The van der Waals surface area contributed by atoms with Crippen molar-refractivity contribution in [2.24, 2.45) is 5.92 Å². The van der Waals surface area contributed by atoms with Crippen LogP contribution < -0.4 is 10.6 Å². The minimum atomic E-state index is 0.340. The van der Waals surface area contributed by atoms with Crippen molar-refractivity contribution in [2.75, 3.05) is 24.2 Å². The highest BCUT2D eigenvalue weighted by atomic mass is 15.2. The van der Waals surface area contributed by atoms with Crippen LogP contribution >= 0.6 is 0 Å². The lowest BCUT2D eigenvalue weighted by Gasteiger charge is -2.20. The summed E-state index contributed by atoms with van der Waals surface area (Å²) in [5, 5.41) is 0. The van der Waals surface area contributed by atoms with Gasteiger partial charge in [-0.25, -0.2) is 4.98 Å². The van der Waals surface area contributed by atoms with E-state index in [2.05, 4.69) is 28.7 Å². The highest BCUT2D eigenvalue weighted by Crippen LogP contribution is 2.16. The predicted molar refractivity (Wildman–Crippen MR) is 63.9 cm³/mol. The number of aryl methyl sites for hydroxylation is 1. The first kappa shape index (κ1) is 11.8. The fourth-order valence-corrected chi connectivity index (χ4v) is 1.39. The molecule has 0 radical (unpaired) electrons. The van der Waals surface area contributed by atoms with E-state index >= 15 is 0 Å². The van der Waals surface area contributed by atoms with Crippen molar-refractivity contribution in [1.82, 2.24) is 9.97 Å². The Hall–Kier alpha value is -1.32. The third-order valence-electron chi connectivity index (χ3n) is 2.37. The number of hydrogen-bond donors (Lipinski definition) is 1. The molecule has 15 heavy (non-hydrogen) atoms. The highest BCUT2D eigenvalue weighted by molar-refractivity contribution is 5.47. The van der Waals surface area contributed by atoms with Crippen molar-refractivity contribution in [3.8, 4) is 0 Å². The minimum absolute atomic E-state index is 0.340. The van der Waals surface area contributed by atoms with Gasteiger partial charge in [0.2, 0.25) is 5.95 Å². The predicted octanol–water partition coefficient (Wildman–Crippen LogP) is 1.85. The minimum Gasteiger partial charge on any atom is -0.368 e. The third kappa shape index (κ3) is 3.38. The molecule has 84 valence electrons. The number of nitrogens with zero attached hydrogens (tertiary/aromatic N) is 3. The van der Waals surface area contributed by atoms with Gasteiger partial charge in [0.25, 0.3) is 0 Å². The molecule has 1 aromatic rings. The summed E-state index contributed by atoms with van der Waals surface area (Å²) in [6.07, 6.45) is 2.92. The number of aromatic nitrogens is 2. The van der Waals surface area contributed by atoms with Crippen molar-refractivity contribution >= 4 is 11.8 Å². The fraction of sp³-hybridized carbons (Fsp3) is 0.636. The van der Waals surface area contributed by atoms with Gasteiger partial charge in [0, 0.05) is 25.4 Å². The van der Waals surface area contributed by atoms with Crippen LogP contribution in [0.4, 0.5) is 11.8 Å². The summed E-state index contributed by atoms with van der Waals surface area (Å²) in [5.41, 5.74) is 6.64. The van der Waals surface area contributed by atoms with E-state index in [1.807, 2.05) is 14.0 Å². The van der Waals surface area contributed by atoms with Gasteiger partial charge in [0.15, 0.2) is 0 Å². The monoisotopic (exact) mass is 208 g/mol. The molecule has 0 aliphatic carbocycles. The largest absolute Gasteiger partial charge is 0.368 e. The normalized spacial score (nSPS) is 10.7. The van der Waals surface area contributed by atoms with Crippen molar-refractivity contribution in [3.05, 3.63) is 11.8 Å². The number of anilines is 2. The molecule has 0 saturated heterocycles. The molecule has 4 nitrogen and oxygen atoms in total. The first-order chi connectivity index (χ1) is 7.00. The molecule has 0 spiro atoms. The van der Waals surface area contributed by atoms with Crippen molar-refractivity contribution in [2.45, 2.75) is 27.2 Å². The molecular formula is C11H20N4. The lowest BCUT2D eigenvalue weighted by atomic mass is 10.1. The van der Waals surface area contributed by atoms with Crippen molar-refractivity contribution < 1.29 is 0 Å². The second-order valence-corrected chi connectivity index (χ2v) is 4.34. The number of hydrogen-bond acceptors (Lipinski definition) is 4. The lowest BCUT2D eigenvalue weighted by molar-refractivity contribution is 0.583. The molecule has 0 aromatic carbocycles. The van der Waals surface area contributed by atoms with E-state index in [1.54, 1.807) is 6.20 Å². The summed E-state index contributed by atoms with van der Waals surface area (Å²) in [4.78, 5) is 10.3. The van der Waals surface area contributed by atoms with Crippen LogP contribution in [0.2, 0.25) is 0 Å². The Kier molecular flexibility index (Phi) is 3.88. The topological polar surface area (TPSA) is 55.0 Å². The zero-order chi connectivity index (χ0) is 11.4. The second-order valence-electron chi connectivity index (χ2n) is 4.34. The molecule has 1 aromatic heterocycles. The molecule has 1 rings (SSSR count). The Morgan fingerprint density at radius 3 is 2.73 bits per heavy atom. The van der Waals surface area contributed by atoms with Gasteiger partial charge in [-0.3, -0.25) is 0 Å². The standard InChI is InChI=1S/C11H20N4/c1-8(2)5-6-15(4)10-9(3)7-13-11(12)14-10/h7-8H,5-6H2,1-4H3,(H2,12,13,14). The maximum atomic E-state index is 5.57. The van der Waals surface area contributed by atoms with Crippen LogP contribution in [0.25, 0.3) is 0 Å².